The highest BCUT2D eigenvalue weighted by molar-refractivity contribution is 7.47. The van der Waals surface area contributed by atoms with Crippen molar-refractivity contribution in [3.63, 3.8) is 0 Å². The highest BCUT2D eigenvalue weighted by Crippen LogP contribution is 2.43. The first-order chi connectivity index (χ1) is 25.0. The summed E-state index contributed by atoms with van der Waals surface area (Å²) in [7, 11) is 1.53. The Morgan fingerprint density at radius 3 is 1.71 bits per heavy atom. The predicted molar refractivity (Wildman–Crippen MR) is 221 cm³/mol. The number of hydrogen-bond acceptors (Lipinski definition) is 5. The molecule has 0 aromatic heterocycles. The molecule has 0 bridgehead atoms. The van der Waals surface area contributed by atoms with E-state index < -0.39 is 20.0 Å². The highest BCUT2D eigenvalue weighted by atomic mass is 31.2. The van der Waals surface area contributed by atoms with Gasteiger partial charge in [-0.05, 0) is 70.6 Å². The van der Waals surface area contributed by atoms with Crippen LogP contribution in [-0.4, -0.2) is 73.4 Å². The Kier molecular flexibility index (Phi) is 33.7. The Balaban J connectivity index is 4.49. The second kappa shape index (κ2) is 34.9. The van der Waals surface area contributed by atoms with Crippen LogP contribution in [0.1, 0.15) is 155 Å². The second-order valence-electron chi connectivity index (χ2n) is 15.0. The Hall–Kier alpha value is -1.80. The van der Waals surface area contributed by atoms with Gasteiger partial charge in [0.25, 0.3) is 0 Å². The molecule has 0 rings (SSSR count). The van der Waals surface area contributed by atoms with Crippen molar-refractivity contribution >= 4 is 13.7 Å². The predicted octanol–water partition coefficient (Wildman–Crippen LogP) is 11.1. The minimum Gasteiger partial charge on any atom is -0.387 e. The molecule has 3 atom stereocenters. The third kappa shape index (κ3) is 36.6. The molecule has 0 radical (unpaired) electrons. The van der Waals surface area contributed by atoms with Crippen LogP contribution in [0.4, 0.5) is 0 Å². The van der Waals surface area contributed by atoms with E-state index in [0.717, 1.165) is 64.2 Å². The first-order valence-corrected chi connectivity index (χ1v) is 22.2. The Bertz CT molecular complexity index is 1030. The number of carbonyl (C=O) groups is 1. The van der Waals surface area contributed by atoms with Gasteiger partial charge < -0.3 is 19.8 Å². The molecule has 0 heterocycles. The van der Waals surface area contributed by atoms with Crippen molar-refractivity contribution in [2.45, 2.75) is 167 Å². The maximum Gasteiger partial charge on any atom is 0.472 e. The number of aliphatic hydroxyl groups is 1. The third-order valence-corrected chi connectivity index (χ3v) is 9.69. The average Bonchev–Trinajstić information content (AvgIpc) is 3.09. The molecule has 3 N–H and O–H groups in total. The van der Waals surface area contributed by atoms with Gasteiger partial charge in [-0.15, -0.1) is 0 Å². The van der Waals surface area contributed by atoms with Gasteiger partial charge in [-0.25, -0.2) is 4.57 Å². The minimum absolute atomic E-state index is 0.0505. The van der Waals surface area contributed by atoms with Crippen LogP contribution in [0, 0.1) is 0 Å². The van der Waals surface area contributed by atoms with Crippen LogP contribution >= 0.6 is 7.82 Å². The summed E-state index contributed by atoms with van der Waals surface area (Å²) >= 11 is 0. The zero-order valence-electron chi connectivity index (χ0n) is 34.0. The number of rotatable bonds is 36. The monoisotopic (exact) mass is 752 g/mol. The number of phosphoric ester groups is 1. The summed E-state index contributed by atoms with van der Waals surface area (Å²) in [6, 6.07) is -0.870. The van der Waals surface area contributed by atoms with Crippen LogP contribution in [0.3, 0.4) is 0 Å². The number of nitrogens with one attached hydrogen (secondary N) is 1. The first kappa shape index (κ1) is 50.2. The van der Waals surface area contributed by atoms with Gasteiger partial charge in [0.15, 0.2) is 0 Å². The molecule has 0 saturated carbocycles. The zero-order chi connectivity index (χ0) is 38.6. The summed E-state index contributed by atoms with van der Waals surface area (Å²) in [5.74, 6) is -0.205. The van der Waals surface area contributed by atoms with Gasteiger partial charge in [-0.1, -0.05) is 139 Å². The van der Waals surface area contributed by atoms with Gasteiger partial charge in [0.2, 0.25) is 5.91 Å². The van der Waals surface area contributed by atoms with Crippen LogP contribution in [0.2, 0.25) is 0 Å². The number of unbranched alkanes of at least 4 members (excludes halogenated alkanes) is 15. The topological polar surface area (TPSA) is 105 Å². The molecule has 52 heavy (non-hydrogen) atoms. The summed E-state index contributed by atoms with van der Waals surface area (Å²) in [5, 5.41) is 13.7. The molecule has 0 aromatic carbocycles. The van der Waals surface area contributed by atoms with Gasteiger partial charge in [0.1, 0.15) is 13.2 Å². The quantitative estimate of drug-likeness (QED) is 0.0255. The summed E-state index contributed by atoms with van der Waals surface area (Å²) in [6.45, 7) is 4.70. The van der Waals surface area contributed by atoms with E-state index in [9.17, 15) is 19.4 Å². The zero-order valence-corrected chi connectivity index (χ0v) is 34.9. The molecule has 8 nitrogen and oxygen atoms in total. The fraction of sp³-hybridized carbons (Fsp3) is 0.744. The van der Waals surface area contributed by atoms with Gasteiger partial charge in [0.05, 0.1) is 39.9 Å². The number of likely N-dealkylation sites (N-methyl/N-ethyl adjacent to an activating group) is 1. The molecule has 0 fully saturated rings. The maximum absolute atomic E-state index is 12.8. The Morgan fingerprint density at radius 1 is 0.654 bits per heavy atom. The van der Waals surface area contributed by atoms with Crippen LogP contribution in [0.25, 0.3) is 0 Å². The summed E-state index contributed by atoms with van der Waals surface area (Å²) in [5.41, 5.74) is 0. The number of hydrogen-bond donors (Lipinski definition) is 3. The van der Waals surface area contributed by atoms with Gasteiger partial charge in [0, 0.05) is 6.42 Å². The van der Waals surface area contributed by atoms with E-state index in [1.54, 1.807) is 6.08 Å². The van der Waals surface area contributed by atoms with E-state index in [-0.39, 0.29) is 19.1 Å². The fourth-order valence-corrected chi connectivity index (χ4v) is 6.09. The third-order valence-electron chi connectivity index (χ3n) is 8.71. The number of allylic oxidation sites excluding steroid dienone is 9. The Labute approximate surface area is 320 Å². The number of nitrogens with zero attached hydrogens (tertiary/aromatic N) is 1. The molecule has 0 aliphatic heterocycles. The van der Waals surface area contributed by atoms with Gasteiger partial charge >= 0.3 is 7.82 Å². The molecule has 3 unspecified atom stereocenters. The fourth-order valence-electron chi connectivity index (χ4n) is 5.35. The second-order valence-corrected chi connectivity index (χ2v) is 16.5. The summed E-state index contributed by atoms with van der Waals surface area (Å²) in [4.78, 5) is 23.0. The highest BCUT2D eigenvalue weighted by Gasteiger charge is 2.27. The largest absolute Gasteiger partial charge is 0.472 e. The molecule has 302 valence electrons. The number of amides is 1. The van der Waals surface area contributed by atoms with Crippen LogP contribution in [0.15, 0.2) is 60.8 Å². The lowest BCUT2D eigenvalue weighted by Crippen LogP contribution is -2.45. The van der Waals surface area contributed by atoms with Crippen LogP contribution < -0.4 is 5.32 Å². The van der Waals surface area contributed by atoms with Crippen molar-refractivity contribution in [1.82, 2.24) is 5.32 Å². The summed E-state index contributed by atoms with van der Waals surface area (Å²) < 4.78 is 23.4. The van der Waals surface area contributed by atoms with E-state index >= 15 is 0 Å². The van der Waals surface area contributed by atoms with E-state index in [1.807, 2.05) is 27.2 Å². The van der Waals surface area contributed by atoms with Crippen molar-refractivity contribution in [3.05, 3.63) is 60.8 Å². The Morgan fingerprint density at radius 2 is 1.12 bits per heavy atom. The molecule has 9 heteroatoms. The van der Waals surface area contributed by atoms with Crippen molar-refractivity contribution in [3.8, 4) is 0 Å². The molecule has 0 spiro atoms. The van der Waals surface area contributed by atoms with Gasteiger partial charge in [-0.2, -0.15) is 0 Å². The lowest BCUT2D eigenvalue weighted by molar-refractivity contribution is -0.870. The minimum atomic E-state index is -4.34. The maximum atomic E-state index is 12.8. The van der Waals surface area contributed by atoms with Crippen molar-refractivity contribution < 1.29 is 32.9 Å². The van der Waals surface area contributed by atoms with E-state index in [0.29, 0.717) is 17.4 Å². The molecule has 1 amide bonds. The van der Waals surface area contributed by atoms with E-state index in [4.69, 9.17) is 9.05 Å². The number of phosphoric acid groups is 1. The molecule has 0 aliphatic rings. The summed E-state index contributed by atoms with van der Waals surface area (Å²) in [6.07, 6.45) is 44.3. The SMILES string of the molecule is CCCCC/C=C\C/C=C\C/C=C\CCCCCCCCC(=O)NC(COP(=O)(O)OCC[N+](C)(C)C)C(O)/C=C/CC/C=C/CCCCCCC. The number of quaternary nitrogens is 1. The number of carbonyl (C=O) groups excluding carboxylic acids is 1. The van der Waals surface area contributed by atoms with E-state index in [2.05, 4.69) is 67.8 Å². The smallest absolute Gasteiger partial charge is 0.387 e. The van der Waals surface area contributed by atoms with E-state index in [1.165, 1.54) is 70.6 Å². The van der Waals surface area contributed by atoms with Crippen LogP contribution in [0.5, 0.6) is 0 Å². The van der Waals surface area contributed by atoms with Gasteiger partial charge in [-0.3, -0.25) is 13.8 Å². The average molecular weight is 752 g/mol. The molecule has 0 aromatic rings. The molecule has 0 saturated heterocycles. The lowest BCUT2D eigenvalue weighted by Gasteiger charge is -2.25. The first-order valence-electron chi connectivity index (χ1n) is 20.7. The molecular formula is C43H80N2O6P+. The lowest BCUT2D eigenvalue weighted by atomic mass is 10.1. The number of aliphatic hydroxyl groups excluding tert-OH is 1. The van der Waals surface area contributed by atoms with Crippen molar-refractivity contribution in [2.24, 2.45) is 0 Å². The van der Waals surface area contributed by atoms with Crippen molar-refractivity contribution in [1.29, 1.82) is 0 Å². The molecular weight excluding hydrogens is 671 g/mol. The van der Waals surface area contributed by atoms with Crippen molar-refractivity contribution in [2.75, 3.05) is 40.9 Å². The molecule has 0 aliphatic carbocycles. The normalized spacial score (nSPS) is 15.1. The standard InChI is InChI=1S/C43H79N2O6P/c1-6-8-10-12-14-16-18-19-20-21-22-23-24-25-27-29-31-33-35-37-43(47)44-41(40-51-52(48,49)50-39-38-45(3,4)5)42(46)36-34-32-30-28-26-17-15-13-11-9-7-2/h14,16,19-20,22-23,26,28,34,36,41-42,46H,6-13,15,17-18,21,24-25,27,29-33,35,37-40H2,1-5H3,(H-,44,47,48,49)/p+1/b16-14-,20-19-,23-22-,28-26+,36-34+. The van der Waals surface area contributed by atoms with Crippen LogP contribution in [-0.2, 0) is 18.4 Å².